The quantitative estimate of drug-likeness (QED) is 0.148. The Morgan fingerprint density at radius 2 is 0.784 bits per heavy atom. The molecule has 0 N–H and O–H groups in total. The minimum absolute atomic E-state index is 0.931. The van der Waals surface area contributed by atoms with Gasteiger partial charge in [0.1, 0.15) is 0 Å². The average Bonchev–Trinajstić information content (AvgIpc) is 3.16. The van der Waals surface area contributed by atoms with Crippen molar-refractivity contribution in [3.8, 4) is 11.1 Å². The molecule has 0 aliphatic rings. The molecule has 0 saturated heterocycles. The van der Waals surface area contributed by atoms with Gasteiger partial charge in [-0.1, -0.05) is 204 Å². The van der Waals surface area contributed by atoms with E-state index in [2.05, 4.69) is 198 Å². The smallest absolute Gasteiger partial charge is 0.0385 e. The van der Waals surface area contributed by atoms with E-state index < -0.39 is 14.0 Å². The molecule has 0 aromatic heterocycles. The van der Waals surface area contributed by atoms with Crippen LogP contribution < -0.4 is 31.8 Å². The summed E-state index contributed by atoms with van der Waals surface area (Å²) in [4.78, 5) is 0. The first-order valence-electron chi connectivity index (χ1n) is 17.5. The maximum Gasteiger partial charge on any atom is 0.0385 e. The predicted octanol–water partition coefficient (Wildman–Crippen LogP) is 10.4. The number of benzene rings is 8. The van der Waals surface area contributed by atoms with Gasteiger partial charge in [0.25, 0.3) is 0 Å². The van der Waals surface area contributed by atoms with Crippen molar-refractivity contribution in [1.29, 1.82) is 0 Å². The fourth-order valence-corrected chi connectivity index (χ4v) is 13.7. The van der Waals surface area contributed by atoms with Crippen molar-refractivity contribution in [3.05, 3.63) is 192 Å². The molecule has 3 heteroatoms. The number of rotatable bonds is 7. The van der Waals surface area contributed by atoms with Gasteiger partial charge in [0.05, 0.1) is 0 Å². The molecule has 0 spiro atoms. The van der Waals surface area contributed by atoms with Gasteiger partial charge in [-0.25, -0.2) is 0 Å². The van der Waals surface area contributed by atoms with E-state index in [1.54, 1.807) is 0 Å². The maximum atomic E-state index is 7.20. The van der Waals surface area contributed by atoms with Crippen molar-refractivity contribution < 1.29 is 0 Å². The van der Waals surface area contributed by atoms with Crippen LogP contribution in [-0.2, 0) is 11.8 Å². The second kappa shape index (κ2) is 13.8. The first kappa shape index (κ1) is 33.5. The van der Waals surface area contributed by atoms with Crippen molar-refractivity contribution in [1.82, 2.24) is 0 Å². The molecule has 248 valence electrons. The Hall–Kier alpha value is -4.64. The Kier molecular flexibility index (Phi) is 9.08. The molecule has 0 bridgehead atoms. The lowest BCUT2D eigenvalue weighted by molar-refractivity contribution is 1.49. The molecule has 8 rings (SSSR count). The zero-order chi connectivity index (χ0) is 35.1. The normalized spacial score (nSPS) is 11.8. The summed E-state index contributed by atoms with van der Waals surface area (Å²) in [7, 11) is -0.931. The highest BCUT2D eigenvalue weighted by atomic mass is 32.4. The van der Waals surface area contributed by atoms with Gasteiger partial charge in [0.15, 0.2) is 0 Å². The van der Waals surface area contributed by atoms with Gasteiger partial charge < -0.3 is 0 Å². The lowest BCUT2D eigenvalue weighted by Crippen LogP contribution is -2.28. The Labute approximate surface area is 308 Å². The van der Waals surface area contributed by atoms with Crippen LogP contribution in [0.15, 0.2) is 170 Å². The average molecular weight is 711 g/mol. The maximum absolute atomic E-state index is 7.20. The van der Waals surface area contributed by atoms with E-state index in [-0.39, 0.29) is 0 Å². The first-order valence-corrected chi connectivity index (χ1v) is 21.7. The van der Waals surface area contributed by atoms with E-state index in [0.717, 1.165) is 0 Å². The molecule has 51 heavy (non-hydrogen) atoms. The molecular weight excluding hydrogens is 671 g/mol. The van der Waals surface area contributed by atoms with E-state index in [1.807, 2.05) is 0 Å². The minimum Gasteiger partial charge on any atom is -0.0826 e. The highest BCUT2D eigenvalue weighted by Gasteiger charge is 2.32. The van der Waals surface area contributed by atoms with Crippen molar-refractivity contribution in [2.24, 2.45) is 0 Å². The van der Waals surface area contributed by atoms with Crippen molar-refractivity contribution >= 4 is 79.1 Å². The number of fused-ring (bicyclic) bond motifs is 2. The molecular formula is C48H40P2S. The molecule has 0 nitrogen and oxygen atoms in total. The second-order valence-corrected chi connectivity index (χ2v) is 20.2. The van der Waals surface area contributed by atoms with E-state index >= 15 is 0 Å². The molecule has 0 aliphatic carbocycles. The van der Waals surface area contributed by atoms with Crippen molar-refractivity contribution in [3.63, 3.8) is 0 Å². The van der Waals surface area contributed by atoms with Crippen LogP contribution in [-0.4, -0.2) is 0 Å². The topological polar surface area (TPSA) is 0 Å². The SMILES string of the molecule is Cc1ccc(P(c2ccc(C)cc2)c2ccc3ccccc3c2-c2c(P(=S)(c3ccc(C)cc3)c3ccc(C)cc3)ccc3ccccc23)cc1. The zero-order valence-corrected chi connectivity index (χ0v) is 32.1. The van der Waals surface area contributed by atoms with Gasteiger partial charge in [-0.2, -0.15) is 0 Å². The summed E-state index contributed by atoms with van der Waals surface area (Å²) < 4.78 is 0. The van der Waals surface area contributed by atoms with Crippen LogP contribution in [0, 0.1) is 27.7 Å². The standard InChI is InChI=1S/C48H40P2S/c1-33-13-23-39(24-14-33)49(40-25-15-34(2)16-26-40)45-31-21-37-9-5-7-11-43(37)47(45)48-44-12-8-6-10-38(44)22-32-46(48)50(51,41-27-17-35(3)18-28-41)42-29-19-36(4)20-30-42/h5-32H,1-4H3. The van der Waals surface area contributed by atoms with Gasteiger partial charge >= 0.3 is 0 Å². The molecule has 8 aromatic carbocycles. The van der Waals surface area contributed by atoms with Gasteiger partial charge in [-0.05, 0) is 94.8 Å². The third kappa shape index (κ3) is 6.19. The van der Waals surface area contributed by atoms with E-state index in [1.165, 1.54) is 86.8 Å². The second-order valence-electron chi connectivity index (χ2n) is 13.6. The minimum atomic E-state index is -2.57. The summed E-state index contributed by atoms with van der Waals surface area (Å²) in [5.41, 5.74) is 7.56. The van der Waals surface area contributed by atoms with Crippen LogP contribution in [0.4, 0.5) is 0 Å². The highest BCUT2D eigenvalue weighted by molar-refractivity contribution is 8.25. The highest BCUT2D eigenvalue weighted by Crippen LogP contribution is 2.50. The molecule has 0 unspecified atom stereocenters. The van der Waals surface area contributed by atoms with Gasteiger partial charge in [0, 0.05) is 11.3 Å². The molecule has 8 aromatic rings. The fourth-order valence-electron chi connectivity index (χ4n) is 7.25. The van der Waals surface area contributed by atoms with Gasteiger partial charge in [-0.3, -0.25) is 0 Å². The van der Waals surface area contributed by atoms with E-state index in [9.17, 15) is 0 Å². The number of aryl methyl sites for hydroxylation is 4. The summed E-state index contributed by atoms with van der Waals surface area (Å²) >= 11 is 7.20. The predicted molar refractivity (Wildman–Crippen MR) is 231 cm³/mol. The van der Waals surface area contributed by atoms with Crippen LogP contribution in [0.3, 0.4) is 0 Å². The summed E-state index contributed by atoms with van der Waals surface area (Å²) in [5, 5.41) is 12.7. The van der Waals surface area contributed by atoms with Crippen LogP contribution in [0.5, 0.6) is 0 Å². The zero-order valence-electron chi connectivity index (χ0n) is 29.5. The summed E-state index contributed by atoms with van der Waals surface area (Å²) in [6, 6.07) is 61.1. The molecule has 0 atom stereocenters. The van der Waals surface area contributed by atoms with Crippen LogP contribution >= 0.6 is 14.0 Å². The molecule has 0 fully saturated rings. The summed E-state index contributed by atoms with van der Waals surface area (Å²) in [6.07, 6.45) is 0. The monoisotopic (exact) mass is 710 g/mol. The van der Waals surface area contributed by atoms with E-state index in [0.29, 0.717) is 0 Å². The fraction of sp³-hybridized carbons (Fsp3) is 0.0833. The largest absolute Gasteiger partial charge is 0.0826 e. The van der Waals surface area contributed by atoms with Gasteiger partial charge in [-0.15, -0.1) is 0 Å². The molecule has 0 aliphatic heterocycles. The summed E-state index contributed by atoms with van der Waals surface area (Å²) in [5.74, 6) is 0. The number of hydrogen-bond donors (Lipinski definition) is 0. The first-order chi connectivity index (χ1) is 24.8. The lowest BCUT2D eigenvalue weighted by atomic mass is 9.93. The Morgan fingerprint density at radius 1 is 0.392 bits per heavy atom. The third-order valence-electron chi connectivity index (χ3n) is 10.0. The van der Waals surface area contributed by atoms with Gasteiger partial charge in [0.2, 0.25) is 0 Å². The Morgan fingerprint density at radius 3 is 1.25 bits per heavy atom. The number of hydrogen-bond acceptors (Lipinski definition) is 1. The third-order valence-corrected chi connectivity index (χ3v) is 17.5. The molecule has 0 amide bonds. The van der Waals surface area contributed by atoms with E-state index in [4.69, 9.17) is 11.8 Å². The molecule has 0 radical (unpaired) electrons. The Bertz CT molecular complexity index is 2470. The summed E-state index contributed by atoms with van der Waals surface area (Å²) in [6.45, 7) is 8.65. The van der Waals surface area contributed by atoms with Crippen LogP contribution in [0.2, 0.25) is 0 Å². The van der Waals surface area contributed by atoms with Crippen molar-refractivity contribution in [2.45, 2.75) is 27.7 Å². The molecule has 0 saturated carbocycles. The van der Waals surface area contributed by atoms with Crippen LogP contribution in [0.25, 0.3) is 32.7 Å². The van der Waals surface area contributed by atoms with Crippen molar-refractivity contribution in [2.75, 3.05) is 0 Å². The Balaban J connectivity index is 1.55. The molecule has 0 heterocycles. The van der Waals surface area contributed by atoms with Crippen LogP contribution in [0.1, 0.15) is 22.3 Å². The lowest BCUT2D eigenvalue weighted by Gasteiger charge is -2.30.